The second-order valence-electron chi connectivity index (χ2n) is 4.17. The zero-order valence-electron chi connectivity index (χ0n) is 10.4. The van der Waals surface area contributed by atoms with Crippen LogP contribution in [0.5, 0.6) is 0 Å². The van der Waals surface area contributed by atoms with Crippen LogP contribution in [0.2, 0.25) is 0 Å². The van der Waals surface area contributed by atoms with Crippen LogP contribution in [0.15, 0.2) is 24.3 Å². The van der Waals surface area contributed by atoms with Crippen molar-refractivity contribution in [3.05, 3.63) is 35.4 Å². The Bertz CT molecular complexity index is 333. The molecular weight excluding hydrogens is 214 g/mol. The third-order valence-corrected chi connectivity index (χ3v) is 2.64. The number of hydrogen-bond donors (Lipinski definition) is 2. The first-order chi connectivity index (χ1) is 8.26. The van der Waals surface area contributed by atoms with Gasteiger partial charge in [-0.25, -0.2) is 0 Å². The highest BCUT2D eigenvalue weighted by Crippen LogP contribution is 2.08. The number of aryl methyl sites for hydroxylation is 1. The van der Waals surface area contributed by atoms with E-state index in [1.165, 1.54) is 18.4 Å². The van der Waals surface area contributed by atoms with Crippen molar-refractivity contribution in [1.82, 2.24) is 5.32 Å². The molecule has 0 aromatic heterocycles. The molecule has 0 aliphatic carbocycles. The van der Waals surface area contributed by atoms with Gasteiger partial charge in [0.2, 0.25) is 5.91 Å². The Morgan fingerprint density at radius 1 is 1.24 bits per heavy atom. The zero-order valence-corrected chi connectivity index (χ0v) is 10.4. The standard InChI is InChI=1S/C14H21NO2/c1-2-3-4-12-5-7-13(8-6-12)11-14(17)15-9-10-16/h5-8,16H,2-4,9-11H2,1H3,(H,15,17). The van der Waals surface area contributed by atoms with Crippen molar-refractivity contribution in [3.63, 3.8) is 0 Å². The molecule has 3 nitrogen and oxygen atoms in total. The minimum Gasteiger partial charge on any atom is -0.395 e. The summed E-state index contributed by atoms with van der Waals surface area (Å²) in [4.78, 5) is 11.4. The average Bonchev–Trinajstić information content (AvgIpc) is 2.35. The lowest BCUT2D eigenvalue weighted by atomic mass is 10.0. The molecule has 1 rings (SSSR count). The molecule has 0 bridgehead atoms. The van der Waals surface area contributed by atoms with Gasteiger partial charge in [0.1, 0.15) is 0 Å². The summed E-state index contributed by atoms with van der Waals surface area (Å²) in [6.45, 7) is 2.50. The summed E-state index contributed by atoms with van der Waals surface area (Å²) in [6.07, 6.45) is 3.89. The van der Waals surface area contributed by atoms with Crippen molar-refractivity contribution in [3.8, 4) is 0 Å². The lowest BCUT2D eigenvalue weighted by molar-refractivity contribution is -0.120. The number of nitrogens with one attached hydrogen (secondary N) is 1. The van der Waals surface area contributed by atoms with Gasteiger partial charge in [-0.3, -0.25) is 4.79 Å². The SMILES string of the molecule is CCCCc1ccc(CC(=O)NCCO)cc1. The van der Waals surface area contributed by atoms with Crippen molar-refractivity contribution in [2.24, 2.45) is 0 Å². The molecule has 0 saturated carbocycles. The van der Waals surface area contributed by atoms with Crippen LogP contribution in [-0.2, 0) is 17.6 Å². The van der Waals surface area contributed by atoms with Crippen LogP contribution < -0.4 is 5.32 Å². The Balaban J connectivity index is 2.42. The van der Waals surface area contributed by atoms with Crippen molar-refractivity contribution >= 4 is 5.91 Å². The molecule has 0 spiro atoms. The Hall–Kier alpha value is -1.35. The fourth-order valence-corrected chi connectivity index (χ4v) is 1.65. The van der Waals surface area contributed by atoms with Crippen LogP contribution >= 0.6 is 0 Å². The molecule has 17 heavy (non-hydrogen) atoms. The van der Waals surface area contributed by atoms with Crippen LogP contribution in [0.1, 0.15) is 30.9 Å². The van der Waals surface area contributed by atoms with Gasteiger partial charge in [-0.05, 0) is 24.0 Å². The maximum atomic E-state index is 11.4. The fourth-order valence-electron chi connectivity index (χ4n) is 1.65. The Morgan fingerprint density at radius 3 is 2.47 bits per heavy atom. The largest absolute Gasteiger partial charge is 0.395 e. The lowest BCUT2D eigenvalue weighted by Crippen LogP contribution is -2.27. The average molecular weight is 235 g/mol. The third-order valence-electron chi connectivity index (χ3n) is 2.64. The quantitative estimate of drug-likeness (QED) is 0.755. The molecule has 94 valence electrons. The maximum Gasteiger partial charge on any atom is 0.224 e. The van der Waals surface area contributed by atoms with Gasteiger partial charge in [0.15, 0.2) is 0 Å². The normalized spacial score (nSPS) is 10.2. The smallest absolute Gasteiger partial charge is 0.224 e. The first-order valence-corrected chi connectivity index (χ1v) is 6.21. The van der Waals surface area contributed by atoms with E-state index in [4.69, 9.17) is 5.11 Å². The first kappa shape index (κ1) is 13.7. The Labute approximate surface area is 103 Å². The molecular formula is C14H21NO2. The maximum absolute atomic E-state index is 11.4. The van der Waals surface area contributed by atoms with E-state index < -0.39 is 0 Å². The molecule has 1 aromatic rings. The van der Waals surface area contributed by atoms with E-state index in [0.29, 0.717) is 13.0 Å². The number of hydrogen-bond acceptors (Lipinski definition) is 2. The lowest BCUT2D eigenvalue weighted by Gasteiger charge is -2.05. The molecule has 0 unspecified atom stereocenters. The highest BCUT2D eigenvalue weighted by atomic mass is 16.3. The highest BCUT2D eigenvalue weighted by molar-refractivity contribution is 5.78. The number of amides is 1. The van der Waals surface area contributed by atoms with Gasteiger partial charge in [0.25, 0.3) is 0 Å². The molecule has 2 N–H and O–H groups in total. The van der Waals surface area contributed by atoms with Crippen molar-refractivity contribution in [1.29, 1.82) is 0 Å². The summed E-state index contributed by atoms with van der Waals surface area (Å²) in [5.41, 5.74) is 2.34. The summed E-state index contributed by atoms with van der Waals surface area (Å²) in [6, 6.07) is 8.18. The van der Waals surface area contributed by atoms with Crippen LogP contribution in [0, 0.1) is 0 Å². The molecule has 0 saturated heterocycles. The molecule has 1 aromatic carbocycles. The van der Waals surface area contributed by atoms with Gasteiger partial charge < -0.3 is 10.4 Å². The summed E-state index contributed by atoms with van der Waals surface area (Å²) < 4.78 is 0. The molecule has 0 heterocycles. The highest BCUT2D eigenvalue weighted by Gasteiger charge is 2.02. The van der Waals surface area contributed by atoms with E-state index in [-0.39, 0.29) is 12.5 Å². The predicted octanol–water partition coefficient (Wildman–Crippen LogP) is 1.68. The summed E-state index contributed by atoms with van der Waals surface area (Å²) in [7, 11) is 0. The first-order valence-electron chi connectivity index (χ1n) is 6.21. The molecule has 0 atom stereocenters. The van der Waals surface area contributed by atoms with E-state index in [1.54, 1.807) is 0 Å². The number of aliphatic hydroxyl groups excluding tert-OH is 1. The number of carbonyl (C=O) groups is 1. The summed E-state index contributed by atoms with van der Waals surface area (Å²) in [5.74, 6) is -0.0413. The second-order valence-corrected chi connectivity index (χ2v) is 4.17. The van der Waals surface area contributed by atoms with E-state index in [0.717, 1.165) is 12.0 Å². The topological polar surface area (TPSA) is 49.3 Å². The number of benzene rings is 1. The van der Waals surface area contributed by atoms with E-state index >= 15 is 0 Å². The number of unbranched alkanes of at least 4 members (excludes halogenated alkanes) is 1. The van der Waals surface area contributed by atoms with Crippen LogP contribution in [0.3, 0.4) is 0 Å². The molecule has 1 amide bonds. The van der Waals surface area contributed by atoms with Gasteiger partial charge in [-0.2, -0.15) is 0 Å². The van der Waals surface area contributed by atoms with Crippen molar-refractivity contribution in [2.75, 3.05) is 13.2 Å². The van der Waals surface area contributed by atoms with Crippen molar-refractivity contribution in [2.45, 2.75) is 32.6 Å². The minimum atomic E-state index is -0.0413. The third kappa shape index (κ3) is 5.50. The molecule has 0 fully saturated rings. The van der Waals surface area contributed by atoms with Gasteiger partial charge >= 0.3 is 0 Å². The van der Waals surface area contributed by atoms with Crippen LogP contribution in [-0.4, -0.2) is 24.2 Å². The monoisotopic (exact) mass is 235 g/mol. The molecule has 3 heteroatoms. The van der Waals surface area contributed by atoms with Crippen molar-refractivity contribution < 1.29 is 9.90 Å². The number of rotatable bonds is 7. The summed E-state index contributed by atoms with van der Waals surface area (Å²) >= 11 is 0. The van der Waals surface area contributed by atoms with E-state index in [1.807, 2.05) is 12.1 Å². The Kier molecular flexibility index (Phi) is 6.33. The van der Waals surface area contributed by atoms with Gasteiger partial charge in [0, 0.05) is 6.54 Å². The molecule has 0 aliphatic rings. The van der Waals surface area contributed by atoms with E-state index in [2.05, 4.69) is 24.4 Å². The predicted molar refractivity (Wildman–Crippen MR) is 68.9 cm³/mol. The zero-order chi connectivity index (χ0) is 12.5. The van der Waals surface area contributed by atoms with Crippen LogP contribution in [0.4, 0.5) is 0 Å². The van der Waals surface area contributed by atoms with Gasteiger partial charge in [-0.15, -0.1) is 0 Å². The van der Waals surface area contributed by atoms with E-state index in [9.17, 15) is 4.79 Å². The fraction of sp³-hybridized carbons (Fsp3) is 0.500. The Morgan fingerprint density at radius 2 is 1.88 bits per heavy atom. The number of aliphatic hydroxyl groups is 1. The minimum absolute atomic E-state index is 0.0122. The summed E-state index contributed by atoms with van der Waals surface area (Å²) in [5, 5.41) is 11.2. The number of carbonyl (C=O) groups excluding carboxylic acids is 1. The molecule has 0 aliphatic heterocycles. The van der Waals surface area contributed by atoms with Crippen LogP contribution in [0.25, 0.3) is 0 Å². The van der Waals surface area contributed by atoms with Gasteiger partial charge in [-0.1, -0.05) is 37.6 Å². The van der Waals surface area contributed by atoms with Gasteiger partial charge in [0.05, 0.1) is 13.0 Å². The second kappa shape index (κ2) is 7.85. The molecule has 0 radical (unpaired) electrons.